The number of nitrogens with zero attached hydrogens (tertiary/aromatic N) is 3. The predicted molar refractivity (Wildman–Crippen MR) is 231 cm³/mol. The summed E-state index contributed by atoms with van der Waals surface area (Å²) in [5, 5.41) is 17.7. The number of piperidine rings is 1. The normalized spacial score (nSPS) is 17.5. The first-order valence-corrected chi connectivity index (χ1v) is 22.5. The number of aliphatic carboxylic acids is 1. The molecular weight excluding hydrogens is 787 g/mol. The van der Waals surface area contributed by atoms with E-state index in [9.17, 15) is 33.9 Å². The summed E-state index contributed by atoms with van der Waals surface area (Å²) in [4.78, 5) is 86.9. The van der Waals surface area contributed by atoms with Crippen LogP contribution in [0.5, 0.6) is 0 Å². The lowest BCUT2D eigenvalue weighted by Gasteiger charge is -2.39. The molecule has 3 amide bonds. The molecule has 0 saturated carbocycles. The van der Waals surface area contributed by atoms with Crippen molar-refractivity contribution in [3.8, 4) is 0 Å². The minimum absolute atomic E-state index is 0.0641. The minimum Gasteiger partial charge on any atom is -0.481 e. The maximum absolute atomic E-state index is 14.7. The van der Waals surface area contributed by atoms with Crippen LogP contribution in [-0.2, 0) is 39.9 Å². The Hall–Kier alpha value is -4.37. The molecule has 1 saturated heterocycles. The number of aromatic nitrogens is 1. The van der Waals surface area contributed by atoms with Gasteiger partial charge in [0.2, 0.25) is 11.8 Å². The lowest BCUT2D eigenvalue weighted by Crippen LogP contribution is -2.59. The summed E-state index contributed by atoms with van der Waals surface area (Å²) in [6.07, 6.45) is 4.64. The molecule has 1 aromatic carbocycles. The number of amides is 3. The molecule has 2 heterocycles. The number of likely N-dealkylation sites (N-methyl/N-ethyl adjacent to an activating group) is 1. The second-order valence-electron chi connectivity index (χ2n) is 17.2. The third-order valence-electron chi connectivity index (χ3n) is 11.3. The smallest absolute Gasteiger partial charge is 0.307 e. The van der Waals surface area contributed by atoms with Gasteiger partial charge in [-0.2, -0.15) is 0 Å². The van der Waals surface area contributed by atoms with Crippen molar-refractivity contribution in [2.24, 2.45) is 23.7 Å². The summed E-state index contributed by atoms with van der Waals surface area (Å²) in [6, 6.07) is 7.47. The topological polar surface area (TPSA) is 185 Å². The van der Waals surface area contributed by atoms with Crippen LogP contribution in [0.2, 0.25) is 0 Å². The quantitative estimate of drug-likeness (QED) is 0.0747. The van der Waals surface area contributed by atoms with E-state index in [1.165, 1.54) is 18.3 Å². The first kappa shape index (κ1) is 50.0. The second kappa shape index (κ2) is 24.8. The Morgan fingerprint density at radius 2 is 1.70 bits per heavy atom. The Morgan fingerprint density at radius 3 is 2.30 bits per heavy atom. The lowest BCUT2D eigenvalue weighted by molar-refractivity contribution is -0.159. The number of likely N-dealkylation sites (tertiary alicyclic amines) is 1. The summed E-state index contributed by atoms with van der Waals surface area (Å²) < 4.78 is 11.5. The Balaban J connectivity index is 1.83. The molecule has 0 unspecified atom stereocenters. The molecule has 3 N–H and O–H groups in total. The van der Waals surface area contributed by atoms with Gasteiger partial charge >= 0.3 is 17.9 Å². The summed E-state index contributed by atoms with van der Waals surface area (Å²) in [5.74, 6) is -3.75. The fourth-order valence-electron chi connectivity index (χ4n) is 7.59. The van der Waals surface area contributed by atoms with E-state index in [1.807, 2.05) is 83.8 Å². The number of rotatable bonds is 24. The van der Waals surface area contributed by atoms with Crippen LogP contribution in [0, 0.1) is 23.7 Å². The number of carbonyl (C=O) groups is 6. The van der Waals surface area contributed by atoms with E-state index in [-0.39, 0.29) is 60.9 Å². The van der Waals surface area contributed by atoms with Crippen molar-refractivity contribution >= 4 is 47.0 Å². The zero-order valence-corrected chi connectivity index (χ0v) is 37.9. The van der Waals surface area contributed by atoms with Gasteiger partial charge in [-0.15, -0.1) is 11.3 Å². The van der Waals surface area contributed by atoms with Crippen molar-refractivity contribution in [2.75, 3.05) is 20.3 Å². The molecule has 2 aromatic rings. The van der Waals surface area contributed by atoms with Gasteiger partial charge in [-0.3, -0.25) is 33.7 Å². The van der Waals surface area contributed by atoms with Crippen molar-refractivity contribution in [1.29, 1.82) is 0 Å². The second-order valence-corrected chi connectivity index (χ2v) is 18.1. The number of hydrogen-bond donors (Lipinski definition) is 3. The maximum atomic E-state index is 14.7. The van der Waals surface area contributed by atoms with Crippen molar-refractivity contribution in [1.82, 2.24) is 25.4 Å². The maximum Gasteiger partial charge on any atom is 0.307 e. The van der Waals surface area contributed by atoms with Gasteiger partial charge in [0, 0.05) is 30.8 Å². The largest absolute Gasteiger partial charge is 0.481 e. The van der Waals surface area contributed by atoms with Gasteiger partial charge in [-0.25, -0.2) is 4.98 Å². The van der Waals surface area contributed by atoms with Crippen LogP contribution in [-0.4, -0.2) is 100 Å². The summed E-state index contributed by atoms with van der Waals surface area (Å²) in [5.41, 5.74) is 1.08. The number of carboxylic acid groups (broad SMARTS) is 1. The van der Waals surface area contributed by atoms with Crippen LogP contribution < -0.4 is 10.6 Å². The molecule has 14 nitrogen and oxygen atoms in total. The molecule has 3 rings (SSSR count). The number of thiazole rings is 1. The van der Waals surface area contributed by atoms with E-state index >= 15 is 0 Å². The van der Waals surface area contributed by atoms with Gasteiger partial charge in [0.1, 0.15) is 16.7 Å². The molecule has 1 aromatic heterocycles. The molecule has 0 spiro atoms. The van der Waals surface area contributed by atoms with Crippen LogP contribution in [0.15, 0.2) is 35.7 Å². The number of carboxylic acids is 1. The van der Waals surface area contributed by atoms with Crippen molar-refractivity contribution in [3.05, 3.63) is 52.0 Å². The lowest BCUT2D eigenvalue weighted by atomic mass is 9.92. The van der Waals surface area contributed by atoms with Gasteiger partial charge < -0.3 is 30.1 Å². The third kappa shape index (κ3) is 15.9. The summed E-state index contributed by atoms with van der Waals surface area (Å²) in [6.45, 7) is 15.2. The molecular formula is C45H69N5O9S. The van der Waals surface area contributed by atoms with Crippen molar-refractivity contribution in [2.45, 2.75) is 150 Å². The fraction of sp³-hybridized carbons (Fsp3) is 0.667. The van der Waals surface area contributed by atoms with Crippen molar-refractivity contribution < 1.29 is 43.3 Å². The van der Waals surface area contributed by atoms with Crippen LogP contribution in [0.25, 0.3) is 0 Å². The SMILES string of the molecule is CC[C@H](C)[C@H](NC(=O)[C@H]1CCCCN1C)C(=O)N(COC(=O)CC(C)C)[C@H](CCC[C@@H](OC(C)=O)c1nc(C(=O)N[C@@H](Cc2ccccc2)C[C@H](C)C(=O)O)cs1)C(C)C. The van der Waals surface area contributed by atoms with E-state index in [1.54, 1.807) is 17.2 Å². The fourth-order valence-corrected chi connectivity index (χ4v) is 8.45. The van der Waals surface area contributed by atoms with Crippen LogP contribution in [0.4, 0.5) is 0 Å². The number of hydrogen-bond acceptors (Lipinski definition) is 11. The number of benzene rings is 1. The molecule has 334 valence electrons. The number of carbonyl (C=O) groups excluding carboxylic acids is 5. The number of ether oxygens (including phenoxy) is 2. The average molecular weight is 856 g/mol. The Kier molecular flexibility index (Phi) is 20.6. The molecule has 0 aliphatic carbocycles. The highest BCUT2D eigenvalue weighted by Crippen LogP contribution is 2.30. The molecule has 1 aliphatic rings. The first-order chi connectivity index (χ1) is 28.4. The molecule has 15 heteroatoms. The van der Waals surface area contributed by atoms with Crippen LogP contribution in [0.1, 0.15) is 140 Å². The third-order valence-corrected chi connectivity index (χ3v) is 12.2. The minimum atomic E-state index is -0.952. The van der Waals surface area contributed by atoms with E-state index in [4.69, 9.17) is 9.47 Å². The summed E-state index contributed by atoms with van der Waals surface area (Å²) in [7, 11) is 1.93. The molecule has 7 atom stereocenters. The standard InChI is InChI=1S/C45H69N5O9S/c1-10-30(6)40(48-42(54)37-19-14-15-22-49(37)9)44(55)50(27-58-39(52)23-28(2)3)36(29(4)5)20-16-21-38(59-32(8)51)43-47-35(26-60-43)41(53)46-34(24-31(7)45(56)57)25-33-17-12-11-13-18-33/h11-13,17-18,26,28-31,34,36-38,40H,10,14-16,19-25,27H2,1-9H3,(H,46,53)(H,48,54)(H,56,57)/t30-,31-,34+,36+,37+,38+,40-/m0/s1. The van der Waals surface area contributed by atoms with Crippen LogP contribution in [0.3, 0.4) is 0 Å². The van der Waals surface area contributed by atoms with E-state index in [0.29, 0.717) is 43.5 Å². The average Bonchev–Trinajstić information content (AvgIpc) is 3.69. The van der Waals surface area contributed by atoms with Gasteiger partial charge in [-0.1, -0.05) is 91.6 Å². The van der Waals surface area contributed by atoms with E-state index in [2.05, 4.69) is 15.6 Å². The Morgan fingerprint density at radius 1 is 1.00 bits per heavy atom. The van der Waals surface area contributed by atoms with E-state index in [0.717, 1.165) is 24.9 Å². The van der Waals surface area contributed by atoms with E-state index < -0.39 is 54.0 Å². The highest BCUT2D eigenvalue weighted by atomic mass is 32.1. The number of nitrogens with one attached hydrogen (secondary N) is 2. The molecule has 0 radical (unpaired) electrons. The Labute approximate surface area is 360 Å². The monoisotopic (exact) mass is 855 g/mol. The molecule has 1 aliphatic heterocycles. The van der Waals surface area contributed by atoms with Crippen molar-refractivity contribution in [3.63, 3.8) is 0 Å². The summed E-state index contributed by atoms with van der Waals surface area (Å²) >= 11 is 1.19. The highest BCUT2D eigenvalue weighted by molar-refractivity contribution is 7.09. The Bertz CT molecular complexity index is 1700. The highest BCUT2D eigenvalue weighted by Gasteiger charge is 2.38. The van der Waals surface area contributed by atoms with Gasteiger partial charge in [0.25, 0.3) is 5.91 Å². The van der Waals surface area contributed by atoms with Gasteiger partial charge in [0.15, 0.2) is 12.8 Å². The number of esters is 2. The predicted octanol–water partition coefficient (Wildman–Crippen LogP) is 6.78. The van der Waals surface area contributed by atoms with Gasteiger partial charge in [-0.05, 0) is 81.9 Å². The zero-order valence-electron chi connectivity index (χ0n) is 37.1. The molecule has 60 heavy (non-hydrogen) atoms. The first-order valence-electron chi connectivity index (χ1n) is 21.6. The van der Waals surface area contributed by atoms with Crippen LogP contribution >= 0.6 is 11.3 Å². The zero-order chi connectivity index (χ0) is 44.5. The molecule has 1 fully saturated rings. The van der Waals surface area contributed by atoms with Gasteiger partial charge in [0.05, 0.1) is 12.0 Å². The molecule has 0 bridgehead atoms.